The quantitative estimate of drug-likeness (QED) is 0.632. The Morgan fingerprint density at radius 1 is 0.862 bits per heavy atom. The van der Waals surface area contributed by atoms with Gasteiger partial charge in [-0.3, -0.25) is 9.52 Å². The number of benzene rings is 3. The van der Waals surface area contributed by atoms with E-state index < -0.39 is 10.0 Å². The van der Waals surface area contributed by atoms with E-state index >= 15 is 0 Å². The van der Waals surface area contributed by atoms with Crippen LogP contribution in [0.4, 0.5) is 11.4 Å². The van der Waals surface area contributed by atoms with Gasteiger partial charge in [-0.05, 0) is 79.6 Å². The van der Waals surface area contributed by atoms with Crippen LogP contribution >= 0.6 is 0 Å². The number of amides is 1. The Kier molecular flexibility index (Phi) is 5.89. The third-order valence-electron chi connectivity index (χ3n) is 4.38. The van der Waals surface area contributed by atoms with Gasteiger partial charge in [0, 0.05) is 16.9 Å². The summed E-state index contributed by atoms with van der Waals surface area (Å²) in [6.07, 6.45) is 0. The van der Waals surface area contributed by atoms with Crippen molar-refractivity contribution < 1.29 is 17.9 Å². The summed E-state index contributed by atoms with van der Waals surface area (Å²) in [5.74, 6) is 0.405. The van der Waals surface area contributed by atoms with E-state index in [9.17, 15) is 13.2 Å². The number of rotatable bonds is 6. The number of sulfonamides is 1. The molecule has 3 aromatic carbocycles. The van der Waals surface area contributed by atoms with Crippen molar-refractivity contribution in [2.75, 3.05) is 17.1 Å². The number of carbonyl (C=O) groups is 1. The van der Waals surface area contributed by atoms with Crippen LogP contribution in [0, 0.1) is 13.8 Å². The van der Waals surface area contributed by atoms with E-state index in [-0.39, 0.29) is 10.8 Å². The highest BCUT2D eigenvalue weighted by atomic mass is 32.2. The number of anilines is 2. The van der Waals surface area contributed by atoms with E-state index in [4.69, 9.17) is 4.74 Å². The average Bonchev–Trinajstić information content (AvgIpc) is 2.70. The van der Waals surface area contributed by atoms with Crippen LogP contribution in [0.25, 0.3) is 0 Å². The van der Waals surface area contributed by atoms with E-state index in [2.05, 4.69) is 10.0 Å². The summed E-state index contributed by atoms with van der Waals surface area (Å²) in [6.45, 7) is 3.59. The molecule has 0 bridgehead atoms. The molecule has 0 heterocycles. The summed E-state index contributed by atoms with van der Waals surface area (Å²) in [7, 11) is -2.14. The fourth-order valence-electron chi connectivity index (χ4n) is 2.77. The highest BCUT2D eigenvalue weighted by molar-refractivity contribution is 7.92. The second kappa shape index (κ2) is 8.36. The molecule has 29 heavy (non-hydrogen) atoms. The molecule has 0 aliphatic carbocycles. The maximum absolute atomic E-state index is 12.7. The second-order valence-electron chi connectivity index (χ2n) is 6.63. The van der Waals surface area contributed by atoms with Crippen molar-refractivity contribution in [1.29, 1.82) is 0 Å². The number of hydrogen-bond acceptors (Lipinski definition) is 4. The van der Waals surface area contributed by atoms with Gasteiger partial charge in [0.25, 0.3) is 15.9 Å². The van der Waals surface area contributed by atoms with Gasteiger partial charge in [-0.15, -0.1) is 0 Å². The van der Waals surface area contributed by atoms with E-state index in [0.717, 1.165) is 5.56 Å². The summed E-state index contributed by atoms with van der Waals surface area (Å²) in [5, 5.41) is 2.78. The van der Waals surface area contributed by atoms with Gasteiger partial charge < -0.3 is 10.1 Å². The van der Waals surface area contributed by atoms with Gasteiger partial charge in [-0.25, -0.2) is 8.42 Å². The molecule has 7 heteroatoms. The molecular formula is C22H22N2O4S. The zero-order valence-electron chi connectivity index (χ0n) is 16.4. The van der Waals surface area contributed by atoms with Crippen molar-refractivity contribution in [3.63, 3.8) is 0 Å². The number of nitrogens with one attached hydrogen (secondary N) is 2. The van der Waals surface area contributed by atoms with E-state index in [1.807, 2.05) is 13.0 Å². The lowest BCUT2D eigenvalue weighted by atomic mass is 10.2. The first-order valence-corrected chi connectivity index (χ1v) is 10.4. The molecule has 3 rings (SSSR count). The molecule has 0 atom stereocenters. The van der Waals surface area contributed by atoms with E-state index in [0.29, 0.717) is 28.3 Å². The summed E-state index contributed by atoms with van der Waals surface area (Å²) >= 11 is 0. The Balaban J connectivity index is 1.72. The number of aryl methyl sites for hydroxylation is 2. The molecule has 0 spiro atoms. The van der Waals surface area contributed by atoms with Gasteiger partial charge in [-0.1, -0.05) is 12.1 Å². The molecule has 1 amide bonds. The summed E-state index contributed by atoms with van der Waals surface area (Å²) in [5.41, 5.74) is 2.96. The lowest BCUT2D eigenvalue weighted by Gasteiger charge is -2.12. The second-order valence-corrected chi connectivity index (χ2v) is 8.29. The Hall–Kier alpha value is -3.32. The molecule has 0 radical (unpaired) electrons. The zero-order chi connectivity index (χ0) is 21.0. The van der Waals surface area contributed by atoms with Gasteiger partial charge in [0.1, 0.15) is 5.75 Å². The van der Waals surface area contributed by atoms with Crippen LogP contribution in [0.5, 0.6) is 5.75 Å². The molecule has 2 N–H and O–H groups in total. The predicted octanol–water partition coefficient (Wildman–Crippen LogP) is 4.37. The monoisotopic (exact) mass is 410 g/mol. The van der Waals surface area contributed by atoms with Crippen molar-refractivity contribution in [2.45, 2.75) is 18.7 Å². The number of hydrogen-bond donors (Lipinski definition) is 2. The van der Waals surface area contributed by atoms with E-state index in [1.165, 1.54) is 0 Å². The zero-order valence-corrected chi connectivity index (χ0v) is 17.2. The van der Waals surface area contributed by atoms with Crippen molar-refractivity contribution in [3.8, 4) is 5.75 Å². The first-order valence-electron chi connectivity index (χ1n) is 8.94. The predicted molar refractivity (Wildman–Crippen MR) is 114 cm³/mol. The van der Waals surface area contributed by atoms with Crippen LogP contribution < -0.4 is 14.8 Å². The maximum atomic E-state index is 12.7. The highest BCUT2D eigenvalue weighted by Crippen LogP contribution is 2.21. The minimum atomic E-state index is -3.72. The van der Waals surface area contributed by atoms with Crippen LogP contribution in [0.1, 0.15) is 21.5 Å². The Morgan fingerprint density at radius 2 is 1.48 bits per heavy atom. The lowest BCUT2D eigenvalue weighted by molar-refractivity contribution is 0.102. The topological polar surface area (TPSA) is 84.5 Å². The third kappa shape index (κ3) is 4.94. The molecule has 0 saturated carbocycles. The molecule has 150 valence electrons. The standard InChI is InChI=1S/C22H22N2O4S/c1-15-4-5-16(2)21(14-15)29(26,27)24-19-8-6-17(7-9-19)22(25)23-18-10-12-20(28-3)13-11-18/h4-14,24H,1-3H3,(H,23,25). The fraction of sp³-hybridized carbons (Fsp3) is 0.136. The van der Waals surface area contributed by atoms with Gasteiger partial charge in [0.05, 0.1) is 12.0 Å². The van der Waals surface area contributed by atoms with Crippen molar-refractivity contribution in [2.24, 2.45) is 0 Å². The van der Waals surface area contributed by atoms with Crippen LogP contribution in [0.3, 0.4) is 0 Å². The Labute approximate surface area is 170 Å². The van der Waals surface area contributed by atoms with Crippen LogP contribution in [0.2, 0.25) is 0 Å². The van der Waals surface area contributed by atoms with Crippen molar-refractivity contribution in [1.82, 2.24) is 0 Å². The lowest BCUT2D eigenvalue weighted by Crippen LogP contribution is -2.15. The summed E-state index contributed by atoms with van der Waals surface area (Å²) in [6, 6.07) is 18.5. The molecule has 0 fully saturated rings. The number of carbonyl (C=O) groups excluding carboxylic acids is 1. The molecule has 0 aliphatic rings. The molecule has 0 saturated heterocycles. The largest absolute Gasteiger partial charge is 0.497 e. The molecule has 0 aromatic heterocycles. The molecular weight excluding hydrogens is 388 g/mol. The molecule has 0 unspecified atom stereocenters. The van der Waals surface area contributed by atoms with Crippen molar-refractivity contribution >= 4 is 27.3 Å². The summed E-state index contributed by atoms with van der Waals surface area (Å²) in [4.78, 5) is 12.6. The maximum Gasteiger partial charge on any atom is 0.262 e. The number of ether oxygens (including phenoxy) is 1. The first kappa shape index (κ1) is 20.4. The van der Waals surface area contributed by atoms with Gasteiger partial charge in [0.15, 0.2) is 0 Å². The first-order chi connectivity index (χ1) is 13.8. The minimum Gasteiger partial charge on any atom is -0.497 e. The van der Waals surface area contributed by atoms with Gasteiger partial charge >= 0.3 is 0 Å². The van der Waals surface area contributed by atoms with Crippen LogP contribution in [-0.2, 0) is 10.0 Å². The smallest absolute Gasteiger partial charge is 0.262 e. The minimum absolute atomic E-state index is 0.235. The van der Waals surface area contributed by atoms with Crippen LogP contribution in [0.15, 0.2) is 71.6 Å². The Bertz CT molecular complexity index is 1120. The van der Waals surface area contributed by atoms with Crippen molar-refractivity contribution in [3.05, 3.63) is 83.4 Å². The summed E-state index contributed by atoms with van der Waals surface area (Å²) < 4.78 is 33.0. The average molecular weight is 410 g/mol. The normalized spacial score (nSPS) is 11.0. The molecule has 0 aliphatic heterocycles. The SMILES string of the molecule is COc1ccc(NC(=O)c2ccc(NS(=O)(=O)c3cc(C)ccc3C)cc2)cc1. The van der Waals surface area contributed by atoms with Gasteiger partial charge in [0.2, 0.25) is 0 Å². The fourth-order valence-corrected chi connectivity index (χ4v) is 4.16. The number of methoxy groups -OCH3 is 1. The Morgan fingerprint density at radius 3 is 2.10 bits per heavy atom. The molecule has 6 nitrogen and oxygen atoms in total. The van der Waals surface area contributed by atoms with E-state index in [1.54, 1.807) is 74.7 Å². The van der Waals surface area contributed by atoms with Crippen LogP contribution in [-0.4, -0.2) is 21.4 Å². The molecule has 3 aromatic rings. The third-order valence-corrected chi connectivity index (χ3v) is 5.90. The van der Waals surface area contributed by atoms with Gasteiger partial charge in [-0.2, -0.15) is 0 Å². The highest BCUT2D eigenvalue weighted by Gasteiger charge is 2.17.